The van der Waals surface area contributed by atoms with Crippen molar-refractivity contribution in [2.75, 3.05) is 18.5 Å². The van der Waals surface area contributed by atoms with Crippen LogP contribution in [0.15, 0.2) is 46.3 Å². The van der Waals surface area contributed by atoms with E-state index in [2.05, 4.69) is 20.3 Å². The van der Waals surface area contributed by atoms with E-state index in [0.717, 1.165) is 22.4 Å². The van der Waals surface area contributed by atoms with E-state index in [1.807, 2.05) is 58.9 Å². The SMILES string of the molecule is C/C=C(\N=C(C)C)c1ccc(-c2cc3cnc(NC4COC4)nc3n(C)c2=O)c(Cl)c1.CC. The first-order valence-electron chi connectivity index (χ1n) is 11.1. The largest absolute Gasteiger partial charge is 0.377 e. The lowest BCUT2D eigenvalue weighted by molar-refractivity contribution is 0.0208. The van der Waals surface area contributed by atoms with Gasteiger partial charge in [-0.15, -0.1) is 0 Å². The van der Waals surface area contributed by atoms with Crippen LogP contribution in [0.4, 0.5) is 5.95 Å². The third kappa shape index (κ3) is 5.31. The molecule has 33 heavy (non-hydrogen) atoms. The van der Waals surface area contributed by atoms with Crippen LogP contribution in [-0.4, -0.2) is 39.5 Å². The van der Waals surface area contributed by atoms with Gasteiger partial charge in [-0.3, -0.25) is 14.4 Å². The van der Waals surface area contributed by atoms with E-state index in [9.17, 15) is 4.79 Å². The zero-order valence-corrected chi connectivity index (χ0v) is 20.7. The van der Waals surface area contributed by atoms with Gasteiger partial charge in [-0.25, -0.2) is 4.98 Å². The van der Waals surface area contributed by atoms with E-state index in [1.165, 1.54) is 4.57 Å². The zero-order valence-electron chi connectivity index (χ0n) is 19.9. The lowest BCUT2D eigenvalue weighted by atomic mass is 10.0. The van der Waals surface area contributed by atoms with E-state index in [0.29, 0.717) is 41.0 Å². The lowest BCUT2D eigenvalue weighted by Crippen LogP contribution is -2.40. The minimum Gasteiger partial charge on any atom is -0.377 e. The molecule has 3 aromatic rings. The molecule has 174 valence electrons. The predicted octanol–water partition coefficient (Wildman–Crippen LogP) is 5.33. The fourth-order valence-electron chi connectivity index (χ4n) is 3.44. The van der Waals surface area contributed by atoms with Crippen LogP contribution in [0, 0.1) is 0 Å². The molecule has 1 aromatic carbocycles. The molecule has 0 saturated carbocycles. The number of anilines is 1. The number of halogens is 1. The summed E-state index contributed by atoms with van der Waals surface area (Å²) in [6, 6.07) is 7.62. The van der Waals surface area contributed by atoms with Gasteiger partial charge in [-0.2, -0.15) is 4.98 Å². The second-order valence-corrected chi connectivity index (χ2v) is 8.11. The zero-order chi connectivity index (χ0) is 24.1. The maximum absolute atomic E-state index is 13.1. The van der Waals surface area contributed by atoms with Gasteiger partial charge in [0.2, 0.25) is 5.95 Å². The van der Waals surface area contributed by atoms with Crippen molar-refractivity contribution in [3.63, 3.8) is 0 Å². The fourth-order valence-corrected chi connectivity index (χ4v) is 3.72. The molecule has 0 spiro atoms. The van der Waals surface area contributed by atoms with Gasteiger partial charge in [0.15, 0.2) is 0 Å². The maximum atomic E-state index is 13.1. The second kappa shape index (κ2) is 10.7. The predicted molar refractivity (Wildman–Crippen MR) is 137 cm³/mol. The molecule has 1 aliphatic rings. The summed E-state index contributed by atoms with van der Waals surface area (Å²) in [5.41, 5.74) is 4.24. The average molecular weight is 468 g/mol. The smallest absolute Gasteiger partial charge is 0.259 e. The number of pyridine rings is 1. The Balaban J connectivity index is 0.00000149. The molecule has 2 aromatic heterocycles. The first-order valence-corrected chi connectivity index (χ1v) is 11.4. The molecule has 7 nitrogen and oxygen atoms in total. The van der Waals surface area contributed by atoms with Crippen LogP contribution in [0.3, 0.4) is 0 Å². The molecular formula is C25H30ClN5O2. The molecule has 0 radical (unpaired) electrons. The highest BCUT2D eigenvalue weighted by Gasteiger charge is 2.20. The van der Waals surface area contributed by atoms with Crippen molar-refractivity contribution in [1.29, 1.82) is 0 Å². The molecule has 1 aliphatic heterocycles. The van der Waals surface area contributed by atoms with Crippen molar-refractivity contribution in [3.05, 3.63) is 57.5 Å². The van der Waals surface area contributed by atoms with Crippen molar-refractivity contribution >= 4 is 40.0 Å². The van der Waals surface area contributed by atoms with Gasteiger partial charge < -0.3 is 10.1 Å². The van der Waals surface area contributed by atoms with Crippen molar-refractivity contribution < 1.29 is 4.74 Å². The Morgan fingerprint density at radius 3 is 2.55 bits per heavy atom. The quantitative estimate of drug-likeness (QED) is 0.513. The van der Waals surface area contributed by atoms with E-state index < -0.39 is 0 Å². The van der Waals surface area contributed by atoms with Crippen LogP contribution in [0.2, 0.25) is 5.02 Å². The molecule has 4 rings (SSSR count). The molecule has 1 saturated heterocycles. The minimum atomic E-state index is -0.174. The van der Waals surface area contributed by atoms with Crippen molar-refractivity contribution in [3.8, 4) is 11.1 Å². The molecule has 0 unspecified atom stereocenters. The molecule has 1 N–H and O–H groups in total. The number of hydrogen-bond acceptors (Lipinski definition) is 6. The highest BCUT2D eigenvalue weighted by molar-refractivity contribution is 6.33. The topological polar surface area (TPSA) is 81.4 Å². The van der Waals surface area contributed by atoms with Gasteiger partial charge in [0.05, 0.1) is 25.0 Å². The minimum absolute atomic E-state index is 0.174. The fraction of sp³-hybridized carbons (Fsp3) is 0.360. The summed E-state index contributed by atoms with van der Waals surface area (Å²) < 4.78 is 6.69. The van der Waals surface area contributed by atoms with Crippen molar-refractivity contribution in [1.82, 2.24) is 14.5 Å². The van der Waals surface area contributed by atoms with Crippen molar-refractivity contribution in [2.24, 2.45) is 12.0 Å². The third-order valence-corrected chi connectivity index (χ3v) is 5.41. The normalized spacial score (nSPS) is 13.7. The molecule has 0 amide bonds. The van der Waals surface area contributed by atoms with Crippen LogP contribution < -0.4 is 10.9 Å². The Morgan fingerprint density at radius 1 is 1.24 bits per heavy atom. The van der Waals surface area contributed by atoms with Gasteiger partial charge in [0, 0.05) is 46.1 Å². The van der Waals surface area contributed by atoms with Crippen LogP contribution in [-0.2, 0) is 11.8 Å². The van der Waals surface area contributed by atoms with Gasteiger partial charge in [0.1, 0.15) is 5.65 Å². The van der Waals surface area contributed by atoms with Crippen LogP contribution >= 0.6 is 11.6 Å². The van der Waals surface area contributed by atoms with Crippen LogP contribution in [0.25, 0.3) is 27.9 Å². The van der Waals surface area contributed by atoms with Gasteiger partial charge in [0.25, 0.3) is 5.56 Å². The Morgan fingerprint density at radius 2 is 1.97 bits per heavy atom. The maximum Gasteiger partial charge on any atom is 0.259 e. The molecule has 3 heterocycles. The number of fused-ring (bicyclic) bond motifs is 1. The highest BCUT2D eigenvalue weighted by atomic mass is 35.5. The number of rotatable bonds is 5. The molecule has 0 bridgehead atoms. The molecular weight excluding hydrogens is 438 g/mol. The van der Waals surface area contributed by atoms with E-state index in [4.69, 9.17) is 16.3 Å². The number of aromatic nitrogens is 3. The highest BCUT2D eigenvalue weighted by Crippen LogP contribution is 2.31. The third-order valence-electron chi connectivity index (χ3n) is 5.09. The Kier molecular flexibility index (Phi) is 8.00. The number of allylic oxidation sites excluding steroid dienone is 1. The monoisotopic (exact) mass is 467 g/mol. The van der Waals surface area contributed by atoms with E-state index in [-0.39, 0.29) is 11.6 Å². The molecule has 1 fully saturated rings. The Bertz CT molecular complexity index is 1270. The van der Waals surface area contributed by atoms with E-state index in [1.54, 1.807) is 19.3 Å². The summed E-state index contributed by atoms with van der Waals surface area (Å²) in [4.78, 5) is 26.6. The number of hydrogen-bond donors (Lipinski definition) is 1. The molecule has 0 aliphatic carbocycles. The van der Waals surface area contributed by atoms with Gasteiger partial charge >= 0.3 is 0 Å². The number of aryl methyl sites for hydroxylation is 1. The molecule has 0 atom stereocenters. The number of benzene rings is 1. The summed E-state index contributed by atoms with van der Waals surface area (Å²) in [7, 11) is 1.70. The van der Waals surface area contributed by atoms with Gasteiger partial charge in [-0.1, -0.05) is 43.7 Å². The van der Waals surface area contributed by atoms with Gasteiger partial charge in [-0.05, 0) is 32.9 Å². The number of aliphatic imine (C=N–C) groups is 1. The molecule has 8 heteroatoms. The first-order chi connectivity index (χ1) is 15.9. The Labute approximate surface area is 199 Å². The lowest BCUT2D eigenvalue weighted by Gasteiger charge is -2.26. The summed E-state index contributed by atoms with van der Waals surface area (Å²) >= 11 is 6.60. The average Bonchev–Trinajstić information content (AvgIpc) is 2.78. The number of nitrogens with zero attached hydrogens (tertiary/aromatic N) is 4. The van der Waals surface area contributed by atoms with Crippen LogP contribution in [0.1, 0.15) is 40.2 Å². The summed E-state index contributed by atoms with van der Waals surface area (Å²) in [6.07, 6.45) is 3.65. The van der Waals surface area contributed by atoms with E-state index >= 15 is 0 Å². The summed E-state index contributed by atoms with van der Waals surface area (Å²) in [6.45, 7) is 11.1. The van der Waals surface area contributed by atoms with Crippen molar-refractivity contribution in [2.45, 2.75) is 40.7 Å². The number of nitrogens with one attached hydrogen (secondary N) is 1. The summed E-state index contributed by atoms with van der Waals surface area (Å²) in [5.74, 6) is 0.483. The Hall–Kier alpha value is -3.03. The van der Waals surface area contributed by atoms with Crippen LogP contribution in [0.5, 0.6) is 0 Å². The first kappa shape index (κ1) is 24.6. The standard InChI is InChI=1S/C23H24ClN5O2.C2H6/c1-5-20(26-13(2)3)14-6-7-17(19(24)9-14)18-8-15-10-25-23(27-16-11-31-12-16)28-21(15)29(4)22(18)30;1-2/h5-10,16H,11-12H2,1-4H3,(H,25,27,28);1-2H3/b20-5-;. The number of ether oxygens (including phenoxy) is 1. The summed E-state index contributed by atoms with van der Waals surface area (Å²) in [5, 5.41) is 4.45. The second-order valence-electron chi connectivity index (χ2n) is 7.70.